The van der Waals surface area contributed by atoms with Crippen LogP contribution in [0.4, 0.5) is 0 Å². The van der Waals surface area contributed by atoms with Crippen LogP contribution in [-0.2, 0) is 0 Å². The first kappa shape index (κ1) is 16.6. The molecule has 0 aliphatic carbocycles. The van der Waals surface area contributed by atoms with Gasteiger partial charge in [-0.2, -0.15) is 0 Å². The van der Waals surface area contributed by atoms with Gasteiger partial charge < -0.3 is 0 Å². The van der Waals surface area contributed by atoms with Crippen LogP contribution in [0.2, 0.25) is 13.3 Å². The fourth-order valence-electron chi connectivity index (χ4n) is 2.21. The molecule has 0 nitrogen and oxygen atoms in total. The summed E-state index contributed by atoms with van der Waals surface area (Å²) in [5, 5.41) is 2.75. The summed E-state index contributed by atoms with van der Waals surface area (Å²) in [6, 6.07) is 0. The average molecular weight is 350 g/mol. The van der Waals surface area contributed by atoms with E-state index >= 15 is 0 Å². The Balaban J connectivity index is 4.50. The van der Waals surface area contributed by atoms with Crippen molar-refractivity contribution in [2.24, 2.45) is 0 Å². The SMILES string of the molecule is CCC[CH2][Sn]([C]#CCl)([CH2]CCC)[CH2]CCC. The van der Waals surface area contributed by atoms with E-state index in [0.29, 0.717) is 0 Å². The Morgan fingerprint density at radius 1 is 0.812 bits per heavy atom. The first-order valence-electron chi connectivity index (χ1n) is 6.87. The van der Waals surface area contributed by atoms with E-state index in [-0.39, 0.29) is 0 Å². The molecule has 0 fully saturated rings. The van der Waals surface area contributed by atoms with Crippen molar-refractivity contribution in [2.75, 3.05) is 0 Å². The fourth-order valence-corrected chi connectivity index (χ4v) is 16.2. The minimum absolute atomic E-state index is 1.31. The molecule has 0 atom stereocenters. The van der Waals surface area contributed by atoms with Gasteiger partial charge in [-0.15, -0.1) is 0 Å². The van der Waals surface area contributed by atoms with Crippen molar-refractivity contribution in [3.8, 4) is 9.32 Å². The monoisotopic (exact) mass is 350 g/mol. The summed E-state index contributed by atoms with van der Waals surface area (Å²) in [6.45, 7) is 6.85. The van der Waals surface area contributed by atoms with Crippen molar-refractivity contribution < 1.29 is 0 Å². The van der Waals surface area contributed by atoms with Gasteiger partial charge in [-0.1, -0.05) is 0 Å². The van der Waals surface area contributed by atoms with E-state index in [9.17, 15) is 0 Å². The Kier molecular flexibility index (Phi) is 11.2. The van der Waals surface area contributed by atoms with Crippen molar-refractivity contribution in [3.63, 3.8) is 0 Å². The predicted octanol–water partition coefficient (Wildman–Crippen LogP) is 5.57. The molecule has 0 spiro atoms. The normalized spacial score (nSPS) is 11.0. The van der Waals surface area contributed by atoms with Crippen LogP contribution in [0.25, 0.3) is 0 Å². The summed E-state index contributed by atoms with van der Waals surface area (Å²) >= 11 is 3.56. The van der Waals surface area contributed by atoms with Gasteiger partial charge in [0.05, 0.1) is 0 Å². The van der Waals surface area contributed by atoms with Crippen LogP contribution in [0, 0.1) is 9.32 Å². The van der Waals surface area contributed by atoms with Crippen LogP contribution < -0.4 is 0 Å². The molecule has 0 aliphatic rings. The quantitative estimate of drug-likeness (QED) is 0.377. The first-order valence-corrected chi connectivity index (χ1v) is 14.7. The second kappa shape index (κ2) is 10.8. The van der Waals surface area contributed by atoms with E-state index in [2.05, 4.69) is 30.1 Å². The molecule has 0 saturated carbocycles. The molecule has 0 heterocycles. The Morgan fingerprint density at radius 3 is 1.44 bits per heavy atom. The van der Waals surface area contributed by atoms with E-state index in [1.54, 1.807) is 0 Å². The molecule has 94 valence electrons. The maximum absolute atomic E-state index is 5.71. The molecule has 0 saturated heterocycles. The minimum atomic E-state index is -2.15. The van der Waals surface area contributed by atoms with Crippen LogP contribution in [0.5, 0.6) is 0 Å². The van der Waals surface area contributed by atoms with Gasteiger partial charge in [-0.05, 0) is 0 Å². The molecule has 0 radical (unpaired) electrons. The van der Waals surface area contributed by atoms with Crippen LogP contribution in [-0.4, -0.2) is 18.4 Å². The molecule has 0 bridgehead atoms. The van der Waals surface area contributed by atoms with Gasteiger partial charge in [-0.25, -0.2) is 0 Å². The van der Waals surface area contributed by atoms with E-state index in [4.69, 9.17) is 11.6 Å². The van der Waals surface area contributed by atoms with E-state index in [1.165, 1.54) is 51.8 Å². The summed E-state index contributed by atoms with van der Waals surface area (Å²) in [5.74, 6) is 0. The molecule has 2 heteroatoms. The Bertz CT molecular complexity index is 193. The summed E-state index contributed by atoms with van der Waals surface area (Å²) in [6.07, 6.45) is 8.03. The topological polar surface area (TPSA) is 0 Å². The van der Waals surface area contributed by atoms with Crippen LogP contribution in [0.15, 0.2) is 0 Å². The Labute approximate surface area is 111 Å². The van der Waals surface area contributed by atoms with Crippen molar-refractivity contribution in [2.45, 2.75) is 72.6 Å². The summed E-state index contributed by atoms with van der Waals surface area (Å²) < 4.78 is 7.83. The number of hydrogen-bond donors (Lipinski definition) is 0. The number of hydrogen-bond acceptors (Lipinski definition) is 0. The van der Waals surface area contributed by atoms with Crippen molar-refractivity contribution in [1.82, 2.24) is 0 Å². The third-order valence-electron chi connectivity index (χ3n) is 3.34. The fraction of sp³-hybridized carbons (Fsp3) is 0.857. The maximum atomic E-state index is 5.71. The van der Waals surface area contributed by atoms with Crippen molar-refractivity contribution in [1.29, 1.82) is 0 Å². The molecule has 0 rings (SSSR count). The number of halogens is 1. The van der Waals surface area contributed by atoms with Gasteiger partial charge in [0.25, 0.3) is 0 Å². The zero-order chi connectivity index (χ0) is 12.3. The molecule has 0 aliphatic heterocycles. The second-order valence-corrected chi connectivity index (χ2v) is 17.3. The zero-order valence-electron chi connectivity index (χ0n) is 11.2. The third-order valence-corrected chi connectivity index (χ3v) is 17.0. The van der Waals surface area contributed by atoms with Crippen molar-refractivity contribution in [3.05, 3.63) is 0 Å². The van der Waals surface area contributed by atoms with E-state index < -0.39 is 18.4 Å². The van der Waals surface area contributed by atoms with Crippen molar-refractivity contribution >= 4 is 30.0 Å². The molecular formula is C14H27ClSn. The molecule has 0 aromatic heterocycles. The molecular weight excluding hydrogens is 322 g/mol. The molecule has 0 aromatic rings. The Morgan fingerprint density at radius 2 is 1.19 bits per heavy atom. The van der Waals surface area contributed by atoms with Gasteiger partial charge >= 0.3 is 112 Å². The number of rotatable bonds is 9. The summed E-state index contributed by atoms with van der Waals surface area (Å²) in [4.78, 5) is 0. The zero-order valence-corrected chi connectivity index (χ0v) is 14.9. The molecule has 16 heavy (non-hydrogen) atoms. The van der Waals surface area contributed by atoms with E-state index in [1.807, 2.05) is 0 Å². The van der Waals surface area contributed by atoms with Crippen LogP contribution in [0.3, 0.4) is 0 Å². The summed E-state index contributed by atoms with van der Waals surface area (Å²) in [7, 11) is 0. The predicted molar refractivity (Wildman–Crippen MR) is 78.5 cm³/mol. The second-order valence-electron chi connectivity index (χ2n) is 4.81. The molecule has 0 aromatic carbocycles. The summed E-state index contributed by atoms with van der Waals surface area (Å²) in [5.41, 5.74) is 0. The first-order chi connectivity index (χ1) is 7.74. The molecule has 0 amide bonds. The standard InChI is InChI=1S/3C4H9.C2Cl.Sn/c3*1-3-4-2;1-2-3;/h3*1,3-4H2,2H3;;. The third kappa shape index (κ3) is 7.07. The Hall–Kier alpha value is 0.649. The molecule has 0 N–H and O–H groups in total. The van der Waals surface area contributed by atoms with Crippen LogP contribution >= 0.6 is 11.6 Å². The van der Waals surface area contributed by atoms with Crippen LogP contribution in [0.1, 0.15) is 59.3 Å². The van der Waals surface area contributed by atoms with Gasteiger partial charge in [0.15, 0.2) is 0 Å². The van der Waals surface area contributed by atoms with Gasteiger partial charge in [-0.3, -0.25) is 0 Å². The molecule has 0 unspecified atom stereocenters. The van der Waals surface area contributed by atoms with Gasteiger partial charge in [0, 0.05) is 0 Å². The van der Waals surface area contributed by atoms with Gasteiger partial charge in [0.2, 0.25) is 0 Å². The average Bonchev–Trinajstić information content (AvgIpc) is 2.31. The van der Waals surface area contributed by atoms with Gasteiger partial charge in [0.1, 0.15) is 0 Å². The van der Waals surface area contributed by atoms with E-state index in [0.717, 1.165) is 0 Å². The number of unbranched alkanes of at least 4 members (excludes halogenated alkanes) is 3.